The van der Waals surface area contributed by atoms with Gasteiger partial charge in [0.25, 0.3) is 0 Å². The summed E-state index contributed by atoms with van der Waals surface area (Å²) in [6, 6.07) is 13.2. The highest BCUT2D eigenvalue weighted by atomic mass is 16.4. The quantitative estimate of drug-likeness (QED) is 0.132. The van der Waals surface area contributed by atoms with E-state index < -0.39 is 5.97 Å². The summed E-state index contributed by atoms with van der Waals surface area (Å²) in [6.45, 7) is 15.8. The molecule has 3 fully saturated rings. The zero-order valence-electron chi connectivity index (χ0n) is 37.0. The van der Waals surface area contributed by atoms with Gasteiger partial charge in [-0.1, -0.05) is 114 Å². The number of rotatable bonds is 14. The second kappa shape index (κ2) is 18.4. The van der Waals surface area contributed by atoms with Gasteiger partial charge in [0.2, 0.25) is 0 Å². The maximum absolute atomic E-state index is 11.3. The summed E-state index contributed by atoms with van der Waals surface area (Å²) in [5.74, 6) is 4.65. The van der Waals surface area contributed by atoms with Crippen molar-refractivity contribution >= 4 is 11.5 Å². The molecule has 318 valence electrons. The molecular weight excluding hydrogens is 713 g/mol. The van der Waals surface area contributed by atoms with Gasteiger partial charge in [0.05, 0.1) is 12.0 Å². The Morgan fingerprint density at radius 1 is 0.879 bits per heavy atom. The van der Waals surface area contributed by atoms with Crippen molar-refractivity contribution in [2.45, 2.75) is 181 Å². The van der Waals surface area contributed by atoms with Crippen molar-refractivity contribution in [2.24, 2.45) is 52.3 Å². The second-order valence-electron chi connectivity index (χ2n) is 20.9. The summed E-state index contributed by atoms with van der Waals surface area (Å²) in [6.07, 6.45) is 26.3. The number of hydrogen-bond acceptors (Lipinski definition) is 3. The molecule has 2 aromatic rings. The number of aromatic hydroxyl groups is 1. The van der Waals surface area contributed by atoms with Crippen molar-refractivity contribution in [3.8, 4) is 5.75 Å². The van der Waals surface area contributed by atoms with Gasteiger partial charge in [0.15, 0.2) is 0 Å². The van der Waals surface area contributed by atoms with Gasteiger partial charge in [-0.2, -0.15) is 0 Å². The van der Waals surface area contributed by atoms with E-state index in [1.54, 1.807) is 22.3 Å². The highest BCUT2D eigenvalue weighted by Gasteiger charge is 2.57. The van der Waals surface area contributed by atoms with Gasteiger partial charge >= 0.3 is 5.97 Å². The number of aliphatic hydroxyl groups excluding tert-OH is 1. The van der Waals surface area contributed by atoms with E-state index in [9.17, 15) is 20.1 Å². The first-order chi connectivity index (χ1) is 27.9. The summed E-state index contributed by atoms with van der Waals surface area (Å²) in [5, 5.41) is 30.3. The maximum atomic E-state index is 11.3. The monoisotopic (exact) mass is 791 g/mol. The lowest BCUT2D eigenvalue weighted by Crippen LogP contribution is -2.47. The minimum atomic E-state index is -0.625. The van der Waals surface area contributed by atoms with Crippen molar-refractivity contribution in [1.29, 1.82) is 0 Å². The van der Waals surface area contributed by atoms with Crippen LogP contribution in [0.1, 0.15) is 183 Å². The molecule has 0 spiro atoms. The molecule has 6 aliphatic carbocycles. The van der Waals surface area contributed by atoms with Gasteiger partial charge in [0.1, 0.15) is 5.75 Å². The number of aliphatic hydroxyl groups is 1. The van der Waals surface area contributed by atoms with E-state index in [4.69, 9.17) is 0 Å². The number of carbonyl (C=O) groups is 1. The van der Waals surface area contributed by atoms with Crippen LogP contribution in [-0.4, -0.2) is 27.4 Å². The Morgan fingerprint density at radius 3 is 2.38 bits per heavy atom. The Labute approximate surface area is 352 Å². The first-order valence-electron chi connectivity index (χ1n) is 24.0. The molecule has 0 aromatic heterocycles. The SMILES string of the molecule is C=CCC1=C2c3ccc(C)cc3CCC2C2CC[C@H](C)[C@@]2(C)C1.CCCC(CCCCCCCC[C@H]1C[C@@]2(C)C(CC[C@@H]2O)C2CCc3cc(O)ccc3C21)C(=O)O. The number of aliphatic carboxylic acids is 1. The molecule has 6 unspecified atom stereocenters. The number of unbranched alkanes of at least 4 members (excludes halogenated alkanes) is 5. The third-order valence-corrected chi connectivity index (χ3v) is 17.5. The van der Waals surface area contributed by atoms with Gasteiger partial charge in [-0.3, -0.25) is 4.79 Å². The Bertz CT molecular complexity index is 1790. The Balaban J connectivity index is 0.000000192. The number of aryl methyl sites for hydroxylation is 3. The Hall–Kier alpha value is -2.85. The normalized spacial score (nSPS) is 33.7. The van der Waals surface area contributed by atoms with Crippen LogP contribution < -0.4 is 0 Å². The summed E-state index contributed by atoms with van der Waals surface area (Å²) in [5.41, 5.74) is 11.4. The van der Waals surface area contributed by atoms with E-state index in [0.717, 1.165) is 75.5 Å². The molecule has 4 heteroatoms. The fraction of sp³-hybridized carbons (Fsp3) is 0.685. The number of carboxylic acids is 1. The van der Waals surface area contributed by atoms with E-state index in [1.807, 2.05) is 12.1 Å². The van der Waals surface area contributed by atoms with Crippen LogP contribution in [0, 0.1) is 59.2 Å². The number of phenolic OH excluding ortho intramolecular Hbond substituents is 1. The number of hydrogen-bond donors (Lipinski definition) is 3. The van der Waals surface area contributed by atoms with E-state index >= 15 is 0 Å². The fourth-order valence-corrected chi connectivity index (χ4v) is 14.4. The molecule has 11 atom stereocenters. The summed E-state index contributed by atoms with van der Waals surface area (Å²) in [7, 11) is 0. The number of fused-ring (bicyclic) bond motifs is 10. The standard InChI is InChI=1S/C31H48O4.C23H30/c1-3-10-21(30(34)35)11-8-6-4-5-7-9-12-23-20-31(2)27(17-18-28(31)33)26-15-13-22-19-24(32)14-16-25(22)29(23)26;1-5-6-18-14-23(4)16(3)8-12-21(23)20-11-9-17-13-15(2)7-10-19(17)22(18)20/h14,16,19,21,23,26-29,32-33H,3-13,15,17-18,20H2,1-2H3,(H,34,35);5,7,10,13,16,20-21H,1,6,8-9,11-12,14H2,2-4H3/t21?,23-,26?,27?,28-,29?,31-;16-,20?,21?,23+/m00/s1. The van der Waals surface area contributed by atoms with Crippen molar-refractivity contribution in [2.75, 3.05) is 0 Å². The average Bonchev–Trinajstić information content (AvgIpc) is 3.67. The molecular formula is C54H78O4. The van der Waals surface area contributed by atoms with E-state index in [1.165, 1.54) is 93.7 Å². The van der Waals surface area contributed by atoms with Gasteiger partial charge in [0, 0.05) is 0 Å². The highest BCUT2D eigenvalue weighted by Crippen LogP contribution is 2.65. The van der Waals surface area contributed by atoms with Crippen molar-refractivity contribution in [3.05, 3.63) is 82.4 Å². The zero-order valence-corrected chi connectivity index (χ0v) is 37.0. The Morgan fingerprint density at radius 2 is 1.62 bits per heavy atom. The van der Waals surface area contributed by atoms with E-state index in [2.05, 4.69) is 71.5 Å². The molecule has 3 N–H and O–H groups in total. The molecule has 58 heavy (non-hydrogen) atoms. The topological polar surface area (TPSA) is 77.8 Å². The molecule has 6 aliphatic rings. The molecule has 4 nitrogen and oxygen atoms in total. The largest absolute Gasteiger partial charge is 0.508 e. The van der Waals surface area contributed by atoms with Crippen LogP contribution in [0.15, 0.2) is 54.6 Å². The van der Waals surface area contributed by atoms with Crippen molar-refractivity contribution in [3.63, 3.8) is 0 Å². The molecule has 0 saturated heterocycles. The van der Waals surface area contributed by atoms with Crippen LogP contribution in [0.5, 0.6) is 5.75 Å². The molecule has 0 heterocycles. The predicted octanol–water partition coefficient (Wildman–Crippen LogP) is 13.8. The number of benzene rings is 2. The first-order valence-corrected chi connectivity index (χ1v) is 24.0. The van der Waals surface area contributed by atoms with Gasteiger partial charge in [-0.15, -0.1) is 6.58 Å². The third-order valence-electron chi connectivity index (χ3n) is 17.5. The lowest BCUT2D eigenvalue weighted by atomic mass is 9.51. The second-order valence-corrected chi connectivity index (χ2v) is 20.9. The van der Waals surface area contributed by atoms with Gasteiger partial charge in [-0.25, -0.2) is 0 Å². The fourth-order valence-electron chi connectivity index (χ4n) is 14.4. The van der Waals surface area contributed by atoms with Crippen LogP contribution in [-0.2, 0) is 17.6 Å². The Kier molecular flexibility index (Phi) is 13.7. The minimum Gasteiger partial charge on any atom is -0.508 e. The van der Waals surface area contributed by atoms with Gasteiger partial charge in [-0.05, 0) is 189 Å². The summed E-state index contributed by atoms with van der Waals surface area (Å²) < 4.78 is 0. The van der Waals surface area contributed by atoms with Crippen LogP contribution in [0.2, 0.25) is 0 Å². The van der Waals surface area contributed by atoms with E-state index in [-0.39, 0.29) is 17.4 Å². The number of carboxylic acid groups (broad SMARTS) is 1. The minimum absolute atomic E-state index is 0.0689. The smallest absolute Gasteiger partial charge is 0.306 e. The van der Waals surface area contributed by atoms with Crippen LogP contribution >= 0.6 is 0 Å². The lowest BCUT2D eigenvalue weighted by molar-refractivity contribution is -0.142. The lowest BCUT2D eigenvalue weighted by Gasteiger charge is -2.54. The first kappa shape index (κ1) is 43.2. The van der Waals surface area contributed by atoms with Gasteiger partial charge < -0.3 is 15.3 Å². The van der Waals surface area contributed by atoms with Crippen LogP contribution in [0.4, 0.5) is 0 Å². The molecule has 0 aliphatic heterocycles. The zero-order chi connectivity index (χ0) is 41.2. The van der Waals surface area contributed by atoms with E-state index in [0.29, 0.717) is 34.8 Å². The predicted molar refractivity (Wildman–Crippen MR) is 240 cm³/mol. The average molecular weight is 791 g/mol. The molecule has 0 radical (unpaired) electrons. The molecule has 0 bridgehead atoms. The molecule has 0 amide bonds. The van der Waals surface area contributed by atoms with Crippen molar-refractivity contribution in [1.82, 2.24) is 0 Å². The number of phenols is 1. The van der Waals surface area contributed by atoms with Crippen molar-refractivity contribution < 1.29 is 20.1 Å². The summed E-state index contributed by atoms with van der Waals surface area (Å²) in [4.78, 5) is 11.3. The van der Waals surface area contributed by atoms with Crippen LogP contribution in [0.3, 0.4) is 0 Å². The number of allylic oxidation sites excluding steroid dienone is 3. The van der Waals surface area contributed by atoms with Crippen LogP contribution in [0.25, 0.3) is 5.57 Å². The summed E-state index contributed by atoms with van der Waals surface area (Å²) >= 11 is 0. The highest BCUT2D eigenvalue weighted by molar-refractivity contribution is 5.76. The maximum Gasteiger partial charge on any atom is 0.306 e. The molecule has 3 saturated carbocycles. The molecule has 2 aromatic carbocycles. The third kappa shape index (κ3) is 8.53. The molecule has 8 rings (SSSR count).